The van der Waals surface area contributed by atoms with E-state index in [1.807, 2.05) is 43.3 Å². The summed E-state index contributed by atoms with van der Waals surface area (Å²) >= 11 is 1.24. The molecule has 2 aliphatic heterocycles. The molecule has 1 N–H and O–H groups in total. The molecule has 238 valence electrons. The van der Waals surface area contributed by atoms with Crippen LogP contribution in [0, 0.1) is 0 Å². The van der Waals surface area contributed by atoms with Crippen molar-refractivity contribution in [1.29, 1.82) is 0 Å². The highest BCUT2D eigenvalue weighted by atomic mass is 32.1. The van der Waals surface area contributed by atoms with Gasteiger partial charge in [-0.15, -0.1) is 0 Å². The lowest BCUT2D eigenvalue weighted by atomic mass is 9.95. The number of fused-ring (bicyclic) bond motifs is 2. The number of thiazole rings is 1. The number of Topliss-reactive ketones (excluding diaryl/α,β-unsaturated/α-hetero) is 1. The van der Waals surface area contributed by atoms with E-state index >= 15 is 0 Å². The molecule has 0 unspecified atom stereocenters. The van der Waals surface area contributed by atoms with Crippen molar-refractivity contribution in [2.75, 3.05) is 31.8 Å². The number of amides is 1. The number of carbonyl (C=O) groups excluding carboxylic acids is 2. The summed E-state index contributed by atoms with van der Waals surface area (Å²) in [5, 5.41) is 12.0. The number of aliphatic hydroxyl groups excluding tert-OH is 1. The topological polar surface area (TPSA) is 117 Å². The predicted molar refractivity (Wildman–Crippen MR) is 177 cm³/mol. The van der Waals surface area contributed by atoms with Gasteiger partial charge in [0.15, 0.2) is 28.1 Å². The molecule has 4 aromatic carbocycles. The summed E-state index contributed by atoms with van der Waals surface area (Å²) in [7, 11) is 1.57. The third-order valence-electron chi connectivity index (χ3n) is 7.87. The molecule has 1 aromatic heterocycles. The van der Waals surface area contributed by atoms with Gasteiger partial charge in [0.05, 0.1) is 35.5 Å². The first-order valence-electron chi connectivity index (χ1n) is 15.0. The van der Waals surface area contributed by atoms with E-state index in [9.17, 15) is 14.7 Å². The zero-order valence-electron chi connectivity index (χ0n) is 25.6. The second-order valence-corrected chi connectivity index (χ2v) is 11.8. The Morgan fingerprint density at radius 1 is 0.936 bits per heavy atom. The molecule has 3 heterocycles. The average Bonchev–Trinajstić information content (AvgIpc) is 3.64. The summed E-state index contributed by atoms with van der Waals surface area (Å²) in [6, 6.07) is 24.3. The van der Waals surface area contributed by atoms with Gasteiger partial charge >= 0.3 is 5.91 Å². The molecule has 1 atom stereocenters. The molecule has 2 aliphatic rings. The van der Waals surface area contributed by atoms with Crippen molar-refractivity contribution < 1.29 is 38.4 Å². The number of hydrogen-bond acceptors (Lipinski definition) is 10. The summed E-state index contributed by atoms with van der Waals surface area (Å²) in [5.74, 6) is 0.515. The van der Waals surface area contributed by atoms with Gasteiger partial charge in [0.2, 0.25) is 0 Å². The smallest absolute Gasteiger partial charge is 0.301 e. The minimum absolute atomic E-state index is 0.0936. The Labute approximate surface area is 274 Å². The zero-order chi connectivity index (χ0) is 32.5. The van der Waals surface area contributed by atoms with Crippen LogP contribution in [-0.4, -0.2) is 48.7 Å². The Morgan fingerprint density at radius 2 is 1.74 bits per heavy atom. The maximum Gasteiger partial charge on any atom is 0.301 e. The number of rotatable bonds is 9. The number of anilines is 1. The van der Waals surface area contributed by atoms with Gasteiger partial charge in [-0.05, 0) is 66.6 Å². The molecule has 1 amide bonds. The first-order valence-corrected chi connectivity index (χ1v) is 15.9. The van der Waals surface area contributed by atoms with Crippen LogP contribution in [0.4, 0.5) is 5.13 Å². The lowest BCUT2D eigenvalue weighted by Gasteiger charge is -2.24. The third kappa shape index (κ3) is 5.70. The highest BCUT2D eigenvalue weighted by Crippen LogP contribution is 2.47. The third-order valence-corrected chi connectivity index (χ3v) is 8.89. The Morgan fingerprint density at radius 3 is 2.53 bits per heavy atom. The minimum Gasteiger partial charge on any atom is -0.507 e. The van der Waals surface area contributed by atoms with Crippen LogP contribution >= 0.6 is 11.3 Å². The number of ether oxygens (including phenoxy) is 5. The van der Waals surface area contributed by atoms with E-state index in [4.69, 9.17) is 28.7 Å². The summed E-state index contributed by atoms with van der Waals surface area (Å²) in [5.41, 5.74) is 2.36. The molecule has 0 bridgehead atoms. The van der Waals surface area contributed by atoms with Gasteiger partial charge < -0.3 is 28.8 Å². The van der Waals surface area contributed by atoms with Crippen LogP contribution in [0.2, 0.25) is 0 Å². The Hall–Kier alpha value is -5.55. The molecule has 7 rings (SSSR count). The molecule has 1 fully saturated rings. The van der Waals surface area contributed by atoms with Crippen LogP contribution in [0.1, 0.15) is 29.7 Å². The van der Waals surface area contributed by atoms with E-state index in [0.29, 0.717) is 77.0 Å². The number of aromatic nitrogens is 1. The van der Waals surface area contributed by atoms with E-state index in [1.54, 1.807) is 55.6 Å². The highest BCUT2D eigenvalue weighted by Gasteiger charge is 2.48. The van der Waals surface area contributed by atoms with Crippen LogP contribution in [0.3, 0.4) is 0 Å². The maximum atomic E-state index is 13.9. The number of aliphatic hydroxyl groups is 1. The fourth-order valence-corrected chi connectivity index (χ4v) is 6.65. The lowest BCUT2D eigenvalue weighted by molar-refractivity contribution is -0.132. The second-order valence-electron chi connectivity index (χ2n) is 10.8. The van der Waals surface area contributed by atoms with Gasteiger partial charge in [-0.25, -0.2) is 4.98 Å². The number of nitrogens with zero attached hydrogens (tertiary/aromatic N) is 2. The highest BCUT2D eigenvalue weighted by molar-refractivity contribution is 7.22. The van der Waals surface area contributed by atoms with Gasteiger partial charge in [0.25, 0.3) is 5.78 Å². The number of hydrogen-bond donors (Lipinski definition) is 1. The fraction of sp³-hybridized carbons (Fsp3) is 0.194. The van der Waals surface area contributed by atoms with Crippen molar-refractivity contribution in [3.05, 3.63) is 107 Å². The number of carbonyl (C=O) groups is 2. The largest absolute Gasteiger partial charge is 0.507 e. The van der Waals surface area contributed by atoms with Crippen LogP contribution < -0.4 is 28.6 Å². The molecule has 0 spiro atoms. The molecule has 47 heavy (non-hydrogen) atoms. The maximum absolute atomic E-state index is 13.9. The quantitative estimate of drug-likeness (QED) is 0.106. The number of benzene rings is 4. The Kier molecular flexibility index (Phi) is 8.13. The van der Waals surface area contributed by atoms with Crippen molar-refractivity contribution in [1.82, 2.24) is 4.98 Å². The first kappa shape index (κ1) is 30.1. The van der Waals surface area contributed by atoms with Crippen molar-refractivity contribution in [3.8, 4) is 28.7 Å². The molecule has 5 aromatic rings. The summed E-state index contributed by atoms with van der Waals surface area (Å²) in [4.78, 5) is 33.8. The molecule has 0 saturated carbocycles. The second kappa shape index (κ2) is 12.7. The number of methoxy groups -OCH3 is 1. The lowest BCUT2D eigenvalue weighted by Crippen LogP contribution is -2.29. The fourth-order valence-electron chi connectivity index (χ4n) is 5.63. The summed E-state index contributed by atoms with van der Waals surface area (Å²) < 4.78 is 29.6. The Balaban J connectivity index is 1.36. The van der Waals surface area contributed by atoms with E-state index in [1.165, 1.54) is 16.2 Å². The SMILES string of the molecule is CCOc1cc([C@@H]2C(=C(O)c3ccc4c(c3)OCCO4)C(=O)C(=O)N2c2nc3ccc(OC)cc3s2)ccc1OCc1ccccc1. The molecule has 1 saturated heterocycles. The van der Waals surface area contributed by atoms with Crippen LogP contribution in [0.15, 0.2) is 90.5 Å². The van der Waals surface area contributed by atoms with Crippen molar-refractivity contribution >= 4 is 44.1 Å². The molecule has 0 aliphatic carbocycles. The van der Waals surface area contributed by atoms with E-state index < -0.39 is 17.7 Å². The van der Waals surface area contributed by atoms with Gasteiger partial charge in [-0.3, -0.25) is 14.5 Å². The van der Waals surface area contributed by atoms with Crippen molar-refractivity contribution in [2.24, 2.45) is 0 Å². The summed E-state index contributed by atoms with van der Waals surface area (Å²) in [6.45, 7) is 3.28. The van der Waals surface area contributed by atoms with E-state index in [-0.39, 0.29) is 11.3 Å². The molecule has 0 radical (unpaired) electrons. The monoisotopic (exact) mass is 650 g/mol. The first-order chi connectivity index (χ1) is 22.9. The van der Waals surface area contributed by atoms with Gasteiger partial charge in [0.1, 0.15) is 31.3 Å². The minimum atomic E-state index is -1.03. The summed E-state index contributed by atoms with van der Waals surface area (Å²) in [6.07, 6.45) is 0. The van der Waals surface area contributed by atoms with Crippen LogP contribution in [0.25, 0.3) is 16.0 Å². The van der Waals surface area contributed by atoms with Gasteiger partial charge in [-0.2, -0.15) is 0 Å². The molecule has 11 heteroatoms. The zero-order valence-corrected chi connectivity index (χ0v) is 26.4. The molecular formula is C36H30N2O8S. The predicted octanol–water partition coefficient (Wildman–Crippen LogP) is 6.68. The number of ketones is 1. The average molecular weight is 651 g/mol. The van der Waals surface area contributed by atoms with Crippen LogP contribution in [-0.2, 0) is 16.2 Å². The Bertz CT molecular complexity index is 2020. The van der Waals surface area contributed by atoms with Gasteiger partial charge in [0, 0.05) is 5.56 Å². The van der Waals surface area contributed by atoms with Crippen molar-refractivity contribution in [3.63, 3.8) is 0 Å². The van der Waals surface area contributed by atoms with Gasteiger partial charge in [-0.1, -0.05) is 47.7 Å². The van der Waals surface area contributed by atoms with Crippen LogP contribution in [0.5, 0.6) is 28.7 Å². The standard InChI is InChI=1S/C36H30N2O8S/c1-3-43-28-17-22(9-13-27(28)46-20-21-7-5-4-6-8-21)32-31(33(39)23-10-14-26-29(18-23)45-16-15-44-26)34(40)35(41)38(32)36-37-25-12-11-24(42-2)19-30(25)47-36/h4-14,17-19,32,39H,3,15-16,20H2,1-2H3/t32-/m1/s1. The van der Waals surface area contributed by atoms with Crippen molar-refractivity contribution in [2.45, 2.75) is 19.6 Å². The van der Waals surface area contributed by atoms with E-state index in [2.05, 4.69) is 0 Å². The molecular weight excluding hydrogens is 620 g/mol. The molecule has 10 nitrogen and oxygen atoms in total. The van der Waals surface area contributed by atoms with E-state index in [0.717, 1.165) is 10.3 Å². The normalized spacial score (nSPS) is 16.8.